The van der Waals surface area contributed by atoms with Crippen molar-refractivity contribution >= 4 is 22.5 Å². The summed E-state index contributed by atoms with van der Waals surface area (Å²) in [5.74, 6) is 0. The van der Waals surface area contributed by atoms with Gasteiger partial charge in [0.25, 0.3) is 0 Å². The first-order chi connectivity index (χ1) is 10.8. The molecular formula is C19H19ClN2. The highest BCUT2D eigenvalue weighted by molar-refractivity contribution is 6.34. The summed E-state index contributed by atoms with van der Waals surface area (Å²) in [6.45, 7) is 5.15. The highest BCUT2D eigenvalue weighted by Crippen LogP contribution is 2.36. The van der Waals surface area contributed by atoms with E-state index in [9.17, 15) is 0 Å². The highest BCUT2D eigenvalue weighted by Gasteiger charge is 2.16. The monoisotopic (exact) mass is 310 g/mol. The van der Waals surface area contributed by atoms with E-state index in [4.69, 9.17) is 11.6 Å². The van der Waals surface area contributed by atoms with Crippen LogP contribution in [0, 0.1) is 6.92 Å². The molecule has 1 aromatic heterocycles. The maximum absolute atomic E-state index is 6.59. The fourth-order valence-electron chi connectivity index (χ4n) is 3.45. The molecule has 2 heterocycles. The van der Waals surface area contributed by atoms with E-state index in [-0.39, 0.29) is 0 Å². The Morgan fingerprint density at radius 2 is 1.86 bits per heavy atom. The van der Waals surface area contributed by atoms with Gasteiger partial charge in [-0.2, -0.15) is 0 Å². The molecule has 1 N–H and O–H groups in total. The van der Waals surface area contributed by atoms with Crippen LogP contribution in [-0.4, -0.2) is 17.7 Å². The zero-order chi connectivity index (χ0) is 15.1. The third kappa shape index (κ3) is 2.15. The second kappa shape index (κ2) is 5.45. The number of aromatic nitrogens is 1. The predicted molar refractivity (Wildman–Crippen MR) is 93.7 cm³/mol. The third-order valence-corrected chi connectivity index (χ3v) is 5.06. The number of aryl methyl sites for hydroxylation is 1. The van der Waals surface area contributed by atoms with Crippen LogP contribution in [0.2, 0.25) is 5.02 Å². The maximum atomic E-state index is 6.59. The smallest absolute Gasteiger partial charge is 0.0563 e. The van der Waals surface area contributed by atoms with Crippen molar-refractivity contribution in [3.8, 4) is 11.1 Å². The largest absolute Gasteiger partial charge is 0.343 e. The van der Waals surface area contributed by atoms with Crippen molar-refractivity contribution in [2.24, 2.45) is 0 Å². The van der Waals surface area contributed by atoms with E-state index in [1.165, 1.54) is 22.2 Å². The lowest BCUT2D eigenvalue weighted by atomic mass is 10.0. The molecule has 0 spiro atoms. The fourth-order valence-corrected chi connectivity index (χ4v) is 3.68. The first kappa shape index (κ1) is 13.9. The van der Waals surface area contributed by atoms with Crippen LogP contribution in [-0.2, 0) is 13.0 Å². The Kier molecular flexibility index (Phi) is 3.44. The second-order valence-electron chi connectivity index (χ2n) is 5.97. The molecule has 112 valence electrons. The van der Waals surface area contributed by atoms with Gasteiger partial charge in [0.05, 0.1) is 10.5 Å². The van der Waals surface area contributed by atoms with Crippen molar-refractivity contribution in [1.82, 2.24) is 9.88 Å². The highest BCUT2D eigenvalue weighted by atomic mass is 35.5. The van der Waals surface area contributed by atoms with E-state index in [0.717, 1.165) is 42.2 Å². The topological polar surface area (TPSA) is 17.0 Å². The van der Waals surface area contributed by atoms with Gasteiger partial charge in [0.1, 0.15) is 0 Å². The first-order valence-corrected chi connectivity index (χ1v) is 8.21. The summed E-state index contributed by atoms with van der Waals surface area (Å²) in [6, 6.07) is 15.1. The molecular weight excluding hydrogens is 292 g/mol. The summed E-state index contributed by atoms with van der Waals surface area (Å²) in [7, 11) is 0. The third-order valence-electron chi connectivity index (χ3n) is 4.56. The van der Waals surface area contributed by atoms with Gasteiger partial charge < -0.3 is 9.88 Å². The van der Waals surface area contributed by atoms with Crippen molar-refractivity contribution in [1.29, 1.82) is 0 Å². The SMILES string of the molecule is Cc1cccc(-c2cccc3cc4n(c23)CCNCC4)c1Cl. The zero-order valence-corrected chi connectivity index (χ0v) is 13.5. The summed E-state index contributed by atoms with van der Waals surface area (Å²) in [5.41, 5.74) is 6.22. The van der Waals surface area contributed by atoms with Crippen molar-refractivity contribution < 1.29 is 0 Å². The van der Waals surface area contributed by atoms with E-state index < -0.39 is 0 Å². The van der Waals surface area contributed by atoms with Gasteiger partial charge in [-0.15, -0.1) is 0 Å². The number of halogens is 1. The molecule has 0 saturated heterocycles. The van der Waals surface area contributed by atoms with Gasteiger partial charge in [-0.1, -0.05) is 48.0 Å². The minimum atomic E-state index is 0.859. The normalized spacial score (nSPS) is 14.8. The molecule has 0 aliphatic carbocycles. The molecule has 0 atom stereocenters. The Balaban J connectivity index is 2.02. The predicted octanol–water partition coefficient (Wildman–Crippen LogP) is 4.42. The Morgan fingerprint density at radius 1 is 1.05 bits per heavy atom. The van der Waals surface area contributed by atoms with Gasteiger partial charge in [0, 0.05) is 48.3 Å². The molecule has 3 heteroatoms. The molecule has 3 aromatic rings. The molecule has 0 amide bonds. The quantitative estimate of drug-likeness (QED) is 0.704. The summed E-state index contributed by atoms with van der Waals surface area (Å²) >= 11 is 6.59. The van der Waals surface area contributed by atoms with Gasteiger partial charge in [0.15, 0.2) is 0 Å². The zero-order valence-electron chi connectivity index (χ0n) is 12.7. The van der Waals surface area contributed by atoms with E-state index in [1.54, 1.807) is 0 Å². The van der Waals surface area contributed by atoms with Gasteiger partial charge in [-0.3, -0.25) is 0 Å². The fraction of sp³-hybridized carbons (Fsp3) is 0.263. The van der Waals surface area contributed by atoms with Crippen LogP contribution in [0.1, 0.15) is 11.3 Å². The number of nitrogens with zero attached hydrogens (tertiary/aromatic N) is 1. The number of nitrogens with one attached hydrogen (secondary N) is 1. The number of rotatable bonds is 1. The molecule has 4 rings (SSSR count). The van der Waals surface area contributed by atoms with Gasteiger partial charge in [-0.25, -0.2) is 0 Å². The van der Waals surface area contributed by atoms with Crippen LogP contribution in [0.5, 0.6) is 0 Å². The van der Waals surface area contributed by atoms with Crippen molar-refractivity contribution in [3.05, 3.63) is 58.7 Å². The summed E-state index contributed by atoms with van der Waals surface area (Å²) in [4.78, 5) is 0. The van der Waals surface area contributed by atoms with E-state index in [1.807, 2.05) is 0 Å². The van der Waals surface area contributed by atoms with Crippen LogP contribution in [0.25, 0.3) is 22.0 Å². The van der Waals surface area contributed by atoms with E-state index in [2.05, 4.69) is 59.3 Å². The van der Waals surface area contributed by atoms with Gasteiger partial charge in [-0.05, 0) is 18.6 Å². The standard InChI is InChI=1S/C19H19ClN2/c1-13-4-2-6-16(18(13)20)17-7-3-5-14-12-15-8-9-21-10-11-22(15)19(14)17/h2-7,12,21H,8-11H2,1H3. The average Bonchev–Trinajstić information content (AvgIpc) is 2.72. The minimum absolute atomic E-state index is 0.859. The summed E-state index contributed by atoms with van der Waals surface area (Å²) in [5, 5.41) is 5.65. The Morgan fingerprint density at radius 3 is 2.77 bits per heavy atom. The van der Waals surface area contributed by atoms with Gasteiger partial charge >= 0.3 is 0 Å². The Labute approximate surface area is 135 Å². The lowest BCUT2D eigenvalue weighted by Crippen LogP contribution is -2.17. The van der Waals surface area contributed by atoms with Crippen LogP contribution >= 0.6 is 11.6 Å². The molecule has 0 radical (unpaired) electrons. The molecule has 0 unspecified atom stereocenters. The Hall–Kier alpha value is -1.77. The molecule has 1 aliphatic rings. The van der Waals surface area contributed by atoms with Crippen LogP contribution in [0.15, 0.2) is 42.5 Å². The van der Waals surface area contributed by atoms with Crippen LogP contribution in [0.4, 0.5) is 0 Å². The lowest BCUT2D eigenvalue weighted by Gasteiger charge is -2.13. The molecule has 0 fully saturated rings. The van der Waals surface area contributed by atoms with Crippen molar-refractivity contribution in [3.63, 3.8) is 0 Å². The van der Waals surface area contributed by atoms with E-state index >= 15 is 0 Å². The van der Waals surface area contributed by atoms with Gasteiger partial charge in [0.2, 0.25) is 0 Å². The number of hydrogen-bond acceptors (Lipinski definition) is 1. The first-order valence-electron chi connectivity index (χ1n) is 7.83. The average molecular weight is 311 g/mol. The molecule has 2 nitrogen and oxygen atoms in total. The number of benzene rings is 2. The van der Waals surface area contributed by atoms with Crippen molar-refractivity contribution in [2.75, 3.05) is 13.1 Å². The molecule has 0 saturated carbocycles. The van der Waals surface area contributed by atoms with Crippen LogP contribution in [0.3, 0.4) is 0 Å². The van der Waals surface area contributed by atoms with Crippen LogP contribution < -0.4 is 5.32 Å². The number of para-hydroxylation sites is 1. The molecule has 1 aliphatic heterocycles. The maximum Gasteiger partial charge on any atom is 0.0563 e. The molecule has 0 bridgehead atoms. The number of hydrogen-bond donors (Lipinski definition) is 1. The minimum Gasteiger partial charge on any atom is -0.343 e. The number of fused-ring (bicyclic) bond motifs is 3. The second-order valence-corrected chi connectivity index (χ2v) is 6.35. The summed E-state index contributed by atoms with van der Waals surface area (Å²) in [6.07, 6.45) is 1.08. The molecule has 2 aromatic carbocycles. The molecule has 22 heavy (non-hydrogen) atoms. The lowest BCUT2D eigenvalue weighted by molar-refractivity contribution is 0.658. The van der Waals surface area contributed by atoms with E-state index in [0.29, 0.717) is 0 Å². The summed E-state index contributed by atoms with van der Waals surface area (Å²) < 4.78 is 2.46. The van der Waals surface area contributed by atoms with Crippen molar-refractivity contribution in [2.45, 2.75) is 19.9 Å². The Bertz CT molecular complexity index is 848.